The SMILES string of the molecule is CC(=O)N[C@H]1[C@H](OC[C@H]2O[C@@H](O[C@@H]([C@@H](O)[C@H](O)CO[C@@H]3O[C@H](CO)[C@@H](O)[C@H](O)[C@H]3NC(C)=O)[C@H](CO)NC(C)=O)[C@H](O)[C@@H](O[C@@H]3O[C@H](CO)[C@H](O[C@H]4O[C@H](CO)[C@H](O)[C@H](O[C@H]5O[C@H](CO)[C@H](O)[C@H](O)[C@H]5O[C@H]5O[C@H](C)[C@H](O)[C@H](O)[C@H]5O)[C@H]4O)[C@H](O)[C@H]3O)[C@H]2O)O[C@H](CO)[C@@H](O[C@@H]2O[C@H](CO)[C@H](O[C@H]3O[C@H](CO)[C@H](O)[C@H](O[C@H]4O[C@H](CO)[C@H](O)[C@H](O)[C@H]4O[C@H]4O[C@H](C)[C@H](O)[C@H](O)[C@H]4O)[C@H]3O)[C@H](O)[C@H]2O)[C@@H]1O. The molecule has 0 radical (unpaired) electrons. The van der Waals surface area contributed by atoms with Crippen LogP contribution in [0.4, 0.5) is 0 Å². The van der Waals surface area contributed by atoms with Crippen molar-refractivity contribution in [3.05, 3.63) is 0 Å². The summed E-state index contributed by atoms with van der Waals surface area (Å²) in [4.78, 5) is 38.4. The first kappa shape index (κ1) is 116. The molecular weight excluding hydrogens is 1920 g/mol. The van der Waals surface area contributed by atoms with Crippen LogP contribution in [0.25, 0.3) is 0 Å². The zero-order valence-electron chi connectivity index (χ0n) is 75.3. The number of carbonyl (C=O) groups is 3. The van der Waals surface area contributed by atoms with Gasteiger partial charge in [-0.25, -0.2) is 0 Å². The molecule has 0 aromatic rings. The summed E-state index contributed by atoms with van der Waals surface area (Å²) >= 11 is 0. The van der Waals surface area contributed by atoms with Gasteiger partial charge in [0.25, 0.3) is 0 Å². The van der Waals surface area contributed by atoms with Crippen molar-refractivity contribution in [1.82, 2.24) is 16.0 Å². The van der Waals surface area contributed by atoms with Crippen LogP contribution < -0.4 is 16.0 Å². The fourth-order valence-electron chi connectivity index (χ4n) is 17.9. The number of aliphatic hydroxyl groups is 34. The number of carbonyl (C=O) groups excluding carboxylic acids is 3. The van der Waals surface area contributed by atoms with Crippen molar-refractivity contribution in [1.29, 1.82) is 0 Å². The van der Waals surface area contributed by atoms with Crippen molar-refractivity contribution in [2.75, 3.05) is 72.7 Å². The van der Waals surface area contributed by atoms with E-state index >= 15 is 0 Å². The summed E-state index contributed by atoms with van der Waals surface area (Å²) in [6.07, 6.45) is -118. The third-order valence-corrected chi connectivity index (χ3v) is 25.9. The molecule has 11 saturated heterocycles. The number of hydrogen-bond donors (Lipinski definition) is 37. The monoisotopic (exact) mass is 2060 g/mol. The fourth-order valence-corrected chi connectivity index (χ4v) is 17.9. The highest BCUT2D eigenvalue weighted by Crippen LogP contribution is 2.42. The van der Waals surface area contributed by atoms with Gasteiger partial charge in [-0.2, -0.15) is 0 Å². The maximum absolute atomic E-state index is 13.2. The van der Waals surface area contributed by atoms with Crippen LogP contribution in [0.2, 0.25) is 0 Å². The molecule has 62 heteroatoms. The Balaban J connectivity index is 0.830. The summed E-state index contributed by atoms with van der Waals surface area (Å²) in [6, 6.07) is -5.62. The van der Waals surface area contributed by atoms with Crippen LogP contribution in [0.5, 0.6) is 0 Å². The van der Waals surface area contributed by atoms with E-state index in [1.807, 2.05) is 0 Å². The smallest absolute Gasteiger partial charge is 0.217 e. The molecule has 0 aromatic carbocycles. The molecule has 0 unspecified atom stereocenters. The van der Waals surface area contributed by atoms with Gasteiger partial charge in [0, 0.05) is 20.8 Å². The van der Waals surface area contributed by atoms with Crippen LogP contribution >= 0.6 is 0 Å². The molecule has 0 saturated carbocycles. The lowest BCUT2D eigenvalue weighted by molar-refractivity contribution is -0.400. The Morgan fingerprint density at radius 3 is 0.929 bits per heavy atom. The number of nitrogens with one attached hydrogen (secondary N) is 3. The number of ether oxygens (including phenoxy) is 22. The van der Waals surface area contributed by atoms with Crippen molar-refractivity contribution in [2.24, 2.45) is 0 Å². The Hall–Kier alpha value is -3.83. The molecule has 0 bridgehead atoms. The van der Waals surface area contributed by atoms with Gasteiger partial charge in [-0.3, -0.25) is 14.4 Å². The lowest BCUT2D eigenvalue weighted by Crippen LogP contribution is -2.69. The van der Waals surface area contributed by atoms with Gasteiger partial charge in [-0.1, -0.05) is 0 Å². The predicted octanol–water partition coefficient (Wildman–Crippen LogP) is -25.0. The first-order valence-corrected chi connectivity index (χ1v) is 44.8. The van der Waals surface area contributed by atoms with Gasteiger partial charge in [0.2, 0.25) is 17.7 Å². The number of amides is 3. The molecule has 11 aliphatic heterocycles. The summed E-state index contributed by atoms with van der Waals surface area (Å²) < 4.78 is 128. The first-order chi connectivity index (χ1) is 66.2. The Morgan fingerprint density at radius 1 is 0.264 bits per heavy atom. The van der Waals surface area contributed by atoms with Crippen molar-refractivity contribution >= 4 is 17.7 Å². The van der Waals surface area contributed by atoms with Crippen molar-refractivity contribution in [3.63, 3.8) is 0 Å². The van der Waals surface area contributed by atoms with Crippen molar-refractivity contribution in [3.8, 4) is 0 Å². The molecule has 3 amide bonds. The molecule has 37 N–H and O–H groups in total. The largest absolute Gasteiger partial charge is 0.394 e. The minimum absolute atomic E-state index is 0.830. The molecule has 11 heterocycles. The molecule has 59 atom stereocenters. The third-order valence-electron chi connectivity index (χ3n) is 25.9. The van der Waals surface area contributed by atoms with E-state index in [1.165, 1.54) is 13.8 Å². The molecule has 0 aromatic heterocycles. The maximum atomic E-state index is 13.2. The van der Waals surface area contributed by atoms with E-state index in [9.17, 15) is 188 Å². The lowest BCUT2D eigenvalue weighted by Gasteiger charge is -2.50. The van der Waals surface area contributed by atoms with Gasteiger partial charge < -0.3 is 294 Å². The molecule has 11 fully saturated rings. The Labute approximate surface area is 792 Å². The number of hydrogen-bond acceptors (Lipinski definition) is 59. The Morgan fingerprint density at radius 2 is 0.543 bits per heavy atom. The maximum Gasteiger partial charge on any atom is 0.217 e. The van der Waals surface area contributed by atoms with Crippen molar-refractivity contribution < 1.29 is 292 Å². The van der Waals surface area contributed by atoms with Crippen LogP contribution in [-0.2, 0) is 119 Å². The van der Waals surface area contributed by atoms with E-state index < -0.39 is 452 Å². The average molecular weight is 2060 g/mol. The van der Waals surface area contributed by atoms with Gasteiger partial charge in [-0.05, 0) is 13.8 Å². The summed E-state index contributed by atoms with van der Waals surface area (Å²) in [7, 11) is 0. The minimum Gasteiger partial charge on any atom is -0.394 e. The highest BCUT2D eigenvalue weighted by molar-refractivity contribution is 5.74. The minimum atomic E-state index is -2.64. The standard InChI is InChI=1S/C78H133N3O59/c1-17-35(95)46(106)52(112)70(121-17)139-66-48(108)39(99)25(8-84)126-77(66)137-63-41(101)27(10-86)124-74(56(63)116)134-61-30(13-89)129-72(54(114)50(61)110)133-60-29(12-88)128-69(34(45(60)105)81-21(5)93)120-16-32-43(103)65(58(118)76(131-32)132-59(22(6-82)79-19(3)91)37(97)23(94)15-119-68-33(80-20(4)92)44(104)38(98)24(7-83)123-68)136-73-55(115)51(111)62(31(14-90)130-73)135-75-57(117)64(42(102)28(11-87)125-75)138-78-67(49(109)40(100)26(9-85)127-78)140-71-53(113)47(107)36(96)18(2)122-71/h17-18,22-78,82-90,94-118H,6-16H2,1-5H3,(H,79,91)(H,80,92)(H,81,93)/t17-,18-,22+,23-,24-,25-,26-,27-,28-,29-,30-,31-,32-,33-,34-,35+,36+,37+,38-,39+,40+,41+,42+,43+,44-,45-,46+,47+,48+,49+,50-,51-,52-,53-,54-,55-,56-,57-,58-,59-,60-,61+,62+,63+,64+,65+,66-,67-,68-,69-,70-,71-,72+,73+,74-,75-,76+,77-,78-/m1/s1. The highest BCUT2D eigenvalue weighted by atomic mass is 16.8. The van der Waals surface area contributed by atoms with Crippen LogP contribution in [0.15, 0.2) is 0 Å². The van der Waals surface area contributed by atoms with Crippen molar-refractivity contribution in [2.45, 2.75) is 397 Å². The van der Waals surface area contributed by atoms with E-state index in [0.717, 1.165) is 20.8 Å². The third kappa shape index (κ3) is 25.7. The molecule has 11 aliphatic rings. The van der Waals surface area contributed by atoms with Gasteiger partial charge in [0.15, 0.2) is 69.2 Å². The summed E-state index contributed by atoms with van der Waals surface area (Å²) in [6.45, 7) is -7.47. The van der Waals surface area contributed by atoms with Crippen LogP contribution in [0.3, 0.4) is 0 Å². The molecule has 11 rings (SSSR count). The van der Waals surface area contributed by atoms with E-state index in [4.69, 9.17) is 104 Å². The van der Waals surface area contributed by atoms with Crippen LogP contribution in [0, 0.1) is 0 Å². The normalized spacial score (nSPS) is 49.2. The predicted molar refractivity (Wildman–Crippen MR) is 429 cm³/mol. The number of aliphatic hydroxyl groups excluding tert-OH is 34. The second kappa shape index (κ2) is 51.1. The van der Waals surface area contributed by atoms with Gasteiger partial charge in [0.05, 0.1) is 90.9 Å². The second-order valence-corrected chi connectivity index (χ2v) is 35.6. The zero-order valence-corrected chi connectivity index (χ0v) is 75.3. The van der Waals surface area contributed by atoms with Gasteiger partial charge >= 0.3 is 0 Å². The van der Waals surface area contributed by atoms with E-state index in [2.05, 4.69) is 16.0 Å². The lowest BCUT2D eigenvalue weighted by atomic mass is 9.94. The average Bonchev–Trinajstić information content (AvgIpc) is 0.766. The van der Waals surface area contributed by atoms with Crippen LogP contribution in [0.1, 0.15) is 34.6 Å². The number of rotatable bonds is 39. The highest BCUT2D eigenvalue weighted by Gasteiger charge is 2.63. The topological polar surface area (TPSA) is 978 Å². The first-order valence-electron chi connectivity index (χ1n) is 44.8. The Bertz CT molecular complexity index is 3770. The molecule has 0 aliphatic carbocycles. The van der Waals surface area contributed by atoms with Gasteiger partial charge in [-0.15, -0.1) is 0 Å². The fraction of sp³-hybridized carbons (Fsp3) is 0.962. The molecule has 62 nitrogen and oxygen atoms in total. The van der Waals surface area contributed by atoms with Crippen LogP contribution in [-0.4, -0.2) is 626 Å². The van der Waals surface area contributed by atoms with E-state index in [0.29, 0.717) is 0 Å². The van der Waals surface area contributed by atoms with E-state index in [-0.39, 0.29) is 0 Å². The molecule has 814 valence electrons. The van der Waals surface area contributed by atoms with E-state index in [1.54, 1.807) is 0 Å². The second-order valence-electron chi connectivity index (χ2n) is 35.6. The molecule has 0 spiro atoms. The quantitative estimate of drug-likeness (QED) is 0.0272. The molecular formula is C78H133N3O59. The molecule has 140 heavy (non-hydrogen) atoms. The van der Waals surface area contributed by atoms with Gasteiger partial charge in [0.1, 0.15) is 275 Å². The summed E-state index contributed by atoms with van der Waals surface area (Å²) in [5.74, 6) is -2.84. The summed E-state index contributed by atoms with van der Waals surface area (Å²) in [5.41, 5.74) is 0. The Kier molecular flexibility index (Phi) is 42.5. The zero-order chi connectivity index (χ0) is 103. The summed E-state index contributed by atoms with van der Waals surface area (Å²) in [5, 5.41) is 387.